The highest BCUT2D eigenvalue weighted by atomic mass is 35.5. The number of furan rings is 1. The van der Waals surface area contributed by atoms with Crippen molar-refractivity contribution in [3.05, 3.63) is 57.5 Å². The molecular weight excluding hydrogens is 279 g/mol. The summed E-state index contributed by atoms with van der Waals surface area (Å²) in [6, 6.07) is 7.10. The van der Waals surface area contributed by atoms with Crippen molar-refractivity contribution in [1.82, 2.24) is 0 Å². The van der Waals surface area contributed by atoms with Crippen molar-refractivity contribution in [3.8, 4) is 0 Å². The maximum absolute atomic E-state index is 12.1. The first kappa shape index (κ1) is 12.7. The zero-order valence-corrected chi connectivity index (χ0v) is 10.3. The van der Waals surface area contributed by atoms with Gasteiger partial charge in [0.2, 0.25) is 11.5 Å². The van der Waals surface area contributed by atoms with Crippen LogP contribution in [0.15, 0.2) is 34.7 Å². The van der Waals surface area contributed by atoms with E-state index in [2.05, 4.69) is 0 Å². The van der Waals surface area contributed by atoms with Crippen molar-refractivity contribution in [3.63, 3.8) is 0 Å². The second kappa shape index (κ2) is 4.84. The minimum absolute atomic E-state index is 0.0899. The standard InChI is InChI=1S/C12H6Cl2O4/c13-6-2-1-3-7(14)10(6)11(15)8-4-5-9(18-8)12(16)17/h1-5H,(H,16,17). The van der Waals surface area contributed by atoms with Crippen LogP contribution in [-0.2, 0) is 0 Å². The van der Waals surface area contributed by atoms with Gasteiger partial charge in [-0.1, -0.05) is 29.3 Å². The summed E-state index contributed by atoms with van der Waals surface area (Å²) in [5, 5.41) is 9.07. The van der Waals surface area contributed by atoms with Crippen LogP contribution in [0, 0.1) is 0 Å². The van der Waals surface area contributed by atoms with E-state index in [4.69, 9.17) is 32.7 Å². The van der Waals surface area contributed by atoms with E-state index in [1.165, 1.54) is 24.3 Å². The molecule has 1 aromatic heterocycles. The quantitative estimate of drug-likeness (QED) is 0.876. The molecule has 0 atom stereocenters. The van der Waals surface area contributed by atoms with E-state index in [1.807, 2.05) is 0 Å². The Labute approximate surface area is 112 Å². The molecule has 0 aliphatic heterocycles. The topological polar surface area (TPSA) is 67.5 Å². The van der Waals surface area contributed by atoms with Crippen LogP contribution in [0.3, 0.4) is 0 Å². The molecule has 0 saturated heterocycles. The lowest BCUT2D eigenvalue weighted by molar-refractivity contribution is 0.0660. The monoisotopic (exact) mass is 284 g/mol. The van der Waals surface area contributed by atoms with Crippen LogP contribution in [-0.4, -0.2) is 16.9 Å². The van der Waals surface area contributed by atoms with Crippen molar-refractivity contribution in [1.29, 1.82) is 0 Å². The second-order valence-electron chi connectivity index (χ2n) is 3.39. The Morgan fingerprint density at radius 1 is 1.00 bits per heavy atom. The number of benzene rings is 1. The molecule has 0 saturated carbocycles. The Bertz CT molecular complexity index is 611. The molecule has 2 rings (SSSR count). The van der Waals surface area contributed by atoms with Crippen LogP contribution < -0.4 is 0 Å². The van der Waals surface area contributed by atoms with Gasteiger partial charge in [0.15, 0.2) is 5.76 Å². The second-order valence-corrected chi connectivity index (χ2v) is 4.21. The first-order valence-corrected chi connectivity index (χ1v) is 5.58. The predicted molar refractivity (Wildman–Crippen MR) is 65.6 cm³/mol. The van der Waals surface area contributed by atoms with Gasteiger partial charge in [0.25, 0.3) is 0 Å². The number of carboxylic acids is 1. The molecule has 1 aromatic carbocycles. The van der Waals surface area contributed by atoms with Crippen LogP contribution in [0.5, 0.6) is 0 Å². The van der Waals surface area contributed by atoms with Crippen molar-refractivity contribution in [2.75, 3.05) is 0 Å². The van der Waals surface area contributed by atoms with E-state index in [0.29, 0.717) is 0 Å². The summed E-state index contributed by atoms with van der Waals surface area (Å²) >= 11 is 11.8. The zero-order valence-electron chi connectivity index (χ0n) is 8.81. The number of hydrogen-bond donors (Lipinski definition) is 1. The first-order valence-electron chi connectivity index (χ1n) is 4.82. The first-order chi connectivity index (χ1) is 8.50. The van der Waals surface area contributed by atoms with E-state index in [-0.39, 0.29) is 27.1 Å². The highest BCUT2D eigenvalue weighted by Gasteiger charge is 2.21. The van der Waals surface area contributed by atoms with Gasteiger partial charge in [-0.15, -0.1) is 0 Å². The number of carbonyl (C=O) groups is 2. The molecule has 6 heteroatoms. The van der Waals surface area contributed by atoms with Crippen molar-refractivity contribution >= 4 is 35.0 Å². The Morgan fingerprint density at radius 3 is 2.06 bits per heavy atom. The zero-order chi connectivity index (χ0) is 13.3. The van der Waals surface area contributed by atoms with Gasteiger partial charge in [0.05, 0.1) is 15.6 Å². The van der Waals surface area contributed by atoms with Gasteiger partial charge < -0.3 is 9.52 Å². The molecule has 92 valence electrons. The molecule has 0 fully saturated rings. The molecule has 1 heterocycles. The number of ketones is 1. The van der Waals surface area contributed by atoms with Crippen molar-refractivity contribution < 1.29 is 19.1 Å². The minimum atomic E-state index is -1.25. The van der Waals surface area contributed by atoms with Crippen molar-refractivity contribution in [2.24, 2.45) is 0 Å². The fraction of sp³-hybridized carbons (Fsp3) is 0. The highest BCUT2D eigenvalue weighted by Crippen LogP contribution is 2.27. The Kier molecular flexibility index (Phi) is 3.41. The molecule has 0 unspecified atom stereocenters. The molecule has 0 spiro atoms. The largest absolute Gasteiger partial charge is 0.475 e. The predicted octanol–water partition coefficient (Wildman–Crippen LogP) is 3.52. The number of aromatic carboxylic acids is 1. The van der Waals surface area contributed by atoms with Gasteiger partial charge in [-0.25, -0.2) is 4.79 Å². The van der Waals surface area contributed by atoms with Gasteiger partial charge in [-0.05, 0) is 24.3 Å². The fourth-order valence-electron chi connectivity index (χ4n) is 1.41. The smallest absolute Gasteiger partial charge is 0.371 e. The molecule has 0 aliphatic rings. The average Bonchev–Trinajstić information content (AvgIpc) is 2.77. The fourth-order valence-corrected chi connectivity index (χ4v) is 1.98. The normalized spacial score (nSPS) is 10.3. The molecule has 0 aliphatic carbocycles. The lowest BCUT2D eigenvalue weighted by Crippen LogP contribution is -2.02. The minimum Gasteiger partial charge on any atom is -0.475 e. The lowest BCUT2D eigenvalue weighted by atomic mass is 10.1. The Balaban J connectivity index is 2.45. The van der Waals surface area contributed by atoms with E-state index in [9.17, 15) is 9.59 Å². The summed E-state index contributed by atoms with van der Waals surface area (Å²) in [6.07, 6.45) is 0. The molecule has 0 bridgehead atoms. The number of halogens is 2. The van der Waals surface area contributed by atoms with Crippen LogP contribution in [0.1, 0.15) is 26.7 Å². The molecule has 18 heavy (non-hydrogen) atoms. The van der Waals surface area contributed by atoms with Crippen LogP contribution >= 0.6 is 23.2 Å². The molecule has 1 N–H and O–H groups in total. The SMILES string of the molecule is O=C(O)c1ccc(C(=O)c2c(Cl)cccc2Cl)o1. The third kappa shape index (κ3) is 2.25. The van der Waals surface area contributed by atoms with Gasteiger partial charge in [0.1, 0.15) is 0 Å². The third-order valence-electron chi connectivity index (χ3n) is 2.23. The van der Waals surface area contributed by atoms with Gasteiger partial charge >= 0.3 is 5.97 Å². The number of carboxylic acid groups (broad SMARTS) is 1. The lowest BCUT2D eigenvalue weighted by Gasteiger charge is -2.03. The average molecular weight is 285 g/mol. The number of rotatable bonds is 3. The molecular formula is C12H6Cl2O4. The van der Waals surface area contributed by atoms with E-state index < -0.39 is 11.8 Å². The van der Waals surface area contributed by atoms with Crippen molar-refractivity contribution in [2.45, 2.75) is 0 Å². The maximum atomic E-state index is 12.1. The summed E-state index contributed by atoms with van der Waals surface area (Å²) in [5.41, 5.74) is 0.0899. The van der Waals surface area contributed by atoms with Gasteiger partial charge in [0, 0.05) is 0 Å². The summed E-state index contributed by atoms with van der Waals surface area (Å²) in [5.74, 6) is -2.25. The maximum Gasteiger partial charge on any atom is 0.371 e. The summed E-state index contributed by atoms with van der Waals surface area (Å²) in [7, 11) is 0. The van der Waals surface area contributed by atoms with Gasteiger partial charge in [-0.3, -0.25) is 4.79 Å². The van der Waals surface area contributed by atoms with Gasteiger partial charge in [-0.2, -0.15) is 0 Å². The summed E-state index contributed by atoms with van der Waals surface area (Å²) < 4.78 is 4.90. The molecule has 0 radical (unpaired) electrons. The molecule has 0 amide bonds. The van der Waals surface area contributed by atoms with Crippen LogP contribution in [0.4, 0.5) is 0 Å². The highest BCUT2D eigenvalue weighted by molar-refractivity contribution is 6.40. The number of carbonyl (C=O) groups excluding carboxylic acids is 1. The summed E-state index contributed by atoms with van der Waals surface area (Å²) in [4.78, 5) is 22.7. The number of hydrogen-bond acceptors (Lipinski definition) is 3. The third-order valence-corrected chi connectivity index (χ3v) is 2.86. The van der Waals surface area contributed by atoms with Crippen LogP contribution in [0.25, 0.3) is 0 Å². The van der Waals surface area contributed by atoms with E-state index >= 15 is 0 Å². The van der Waals surface area contributed by atoms with E-state index in [0.717, 1.165) is 0 Å². The Morgan fingerprint density at radius 2 is 1.56 bits per heavy atom. The summed E-state index contributed by atoms with van der Waals surface area (Å²) in [6.45, 7) is 0. The Hall–Kier alpha value is -1.78. The van der Waals surface area contributed by atoms with E-state index in [1.54, 1.807) is 6.07 Å². The van der Waals surface area contributed by atoms with Crippen LogP contribution in [0.2, 0.25) is 10.0 Å². The molecule has 2 aromatic rings. The molecule has 4 nitrogen and oxygen atoms in total.